The summed E-state index contributed by atoms with van der Waals surface area (Å²) in [6.45, 7) is 1.60. The summed E-state index contributed by atoms with van der Waals surface area (Å²) in [6.07, 6.45) is 0.196. The number of aliphatic carboxylic acids is 1. The Labute approximate surface area is 106 Å². The van der Waals surface area contributed by atoms with Crippen molar-refractivity contribution in [3.63, 3.8) is 0 Å². The molecule has 0 spiro atoms. The number of hydrogen-bond donors (Lipinski definition) is 2. The van der Waals surface area contributed by atoms with E-state index in [0.717, 1.165) is 11.3 Å². The van der Waals surface area contributed by atoms with Gasteiger partial charge >= 0.3 is 5.97 Å². The molecule has 0 aromatic carbocycles. The van der Waals surface area contributed by atoms with E-state index in [1.807, 2.05) is 0 Å². The van der Waals surface area contributed by atoms with Gasteiger partial charge in [-0.3, -0.25) is 4.79 Å². The lowest BCUT2D eigenvalue weighted by Gasteiger charge is -2.11. The Morgan fingerprint density at radius 2 is 2.25 bits per heavy atom. The lowest BCUT2D eigenvalue weighted by molar-refractivity contribution is -0.139. The molecule has 0 aliphatic carbocycles. The third kappa shape index (κ3) is 3.27. The van der Waals surface area contributed by atoms with Gasteiger partial charge in [0.15, 0.2) is 0 Å². The minimum absolute atomic E-state index is 0.0964. The highest BCUT2D eigenvalue weighted by Gasteiger charge is 2.24. The van der Waals surface area contributed by atoms with Crippen LogP contribution in [0.2, 0.25) is 0 Å². The molecule has 1 aromatic heterocycles. The van der Waals surface area contributed by atoms with Crippen molar-refractivity contribution in [3.05, 3.63) is 15.9 Å². The Bertz CT molecular complexity index is 482. The van der Waals surface area contributed by atoms with Crippen molar-refractivity contribution < 1.29 is 18.3 Å². The molecule has 0 saturated carbocycles. The van der Waals surface area contributed by atoms with E-state index < -0.39 is 22.0 Å². The third-order valence-corrected chi connectivity index (χ3v) is 5.40. The van der Waals surface area contributed by atoms with Crippen molar-refractivity contribution in [1.29, 1.82) is 0 Å². The summed E-state index contributed by atoms with van der Waals surface area (Å²) in [5, 5.41) is 8.76. The van der Waals surface area contributed by atoms with Crippen LogP contribution in [0.3, 0.4) is 0 Å². The molecule has 1 rings (SSSR count). The Kier molecular flexibility index (Phi) is 4.48. The van der Waals surface area contributed by atoms with Gasteiger partial charge in [0.05, 0.1) is 3.79 Å². The van der Waals surface area contributed by atoms with Gasteiger partial charge in [0.25, 0.3) is 10.0 Å². The van der Waals surface area contributed by atoms with Crippen molar-refractivity contribution in [3.8, 4) is 0 Å². The van der Waals surface area contributed by atoms with E-state index >= 15 is 0 Å². The first kappa shape index (κ1) is 13.6. The fraction of sp³-hybridized carbons (Fsp3) is 0.375. The van der Waals surface area contributed by atoms with E-state index in [2.05, 4.69) is 20.7 Å². The molecule has 2 N–H and O–H groups in total. The summed E-state index contributed by atoms with van der Waals surface area (Å²) in [7, 11) is -3.74. The van der Waals surface area contributed by atoms with Crippen LogP contribution >= 0.6 is 27.3 Å². The largest absolute Gasteiger partial charge is 0.480 e. The molecule has 0 unspecified atom stereocenters. The van der Waals surface area contributed by atoms with E-state index in [4.69, 9.17) is 5.11 Å². The Morgan fingerprint density at radius 3 is 2.62 bits per heavy atom. The maximum Gasteiger partial charge on any atom is 0.321 e. The van der Waals surface area contributed by atoms with E-state index in [0.29, 0.717) is 3.79 Å². The predicted molar refractivity (Wildman–Crippen MR) is 64.1 cm³/mol. The average Bonchev–Trinajstić information content (AvgIpc) is 2.61. The summed E-state index contributed by atoms with van der Waals surface area (Å²) in [5.74, 6) is -1.18. The second kappa shape index (κ2) is 5.26. The van der Waals surface area contributed by atoms with E-state index in [-0.39, 0.29) is 10.6 Å². The molecule has 0 saturated heterocycles. The van der Waals surface area contributed by atoms with Crippen molar-refractivity contribution >= 4 is 43.3 Å². The van der Waals surface area contributed by atoms with Crippen LogP contribution in [-0.2, 0) is 14.8 Å². The van der Waals surface area contributed by atoms with Crippen LogP contribution < -0.4 is 4.72 Å². The summed E-state index contributed by atoms with van der Waals surface area (Å²) in [4.78, 5) is 10.7. The van der Waals surface area contributed by atoms with Crippen LogP contribution in [0.1, 0.15) is 13.3 Å². The molecule has 0 aliphatic rings. The first-order valence-corrected chi connectivity index (χ1v) is 7.46. The highest BCUT2D eigenvalue weighted by Crippen LogP contribution is 2.26. The number of nitrogens with one attached hydrogen (secondary N) is 1. The Hall–Kier alpha value is -0.440. The molecule has 16 heavy (non-hydrogen) atoms. The summed E-state index contributed by atoms with van der Waals surface area (Å²) in [6, 6.07) is 1.93. The molecule has 1 aromatic rings. The fourth-order valence-corrected chi connectivity index (χ4v) is 4.29. The van der Waals surface area contributed by atoms with Gasteiger partial charge in [0, 0.05) is 0 Å². The number of halogens is 1. The average molecular weight is 328 g/mol. The monoisotopic (exact) mass is 327 g/mol. The number of carboxylic acid groups (broad SMARTS) is 1. The van der Waals surface area contributed by atoms with E-state index in [1.54, 1.807) is 13.0 Å². The van der Waals surface area contributed by atoms with Gasteiger partial charge in [-0.25, -0.2) is 8.42 Å². The molecular weight excluding hydrogens is 318 g/mol. The number of rotatable bonds is 5. The van der Waals surface area contributed by atoms with Crippen molar-refractivity contribution in [2.24, 2.45) is 0 Å². The molecule has 5 nitrogen and oxygen atoms in total. The van der Waals surface area contributed by atoms with Gasteiger partial charge in [0.1, 0.15) is 10.3 Å². The second-order valence-corrected chi connectivity index (χ2v) is 7.38. The second-order valence-electron chi connectivity index (χ2n) is 2.98. The minimum atomic E-state index is -3.74. The standard InChI is InChI=1S/C8H10BrNO4S2/c1-2-5(8(11)12)10-16(13,14)7-4-3-6(9)15-7/h3-5,10H,2H2,1H3,(H,11,12)/t5-/m0/s1. The van der Waals surface area contributed by atoms with Crippen LogP contribution in [0.25, 0.3) is 0 Å². The number of hydrogen-bond acceptors (Lipinski definition) is 4. The van der Waals surface area contributed by atoms with Gasteiger partial charge in [-0.05, 0) is 34.5 Å². The Morgan fingerprint density at radius 1 is 1.62 bits per heavy atom. The quantitative estimate of drug-likeness (QED) is 0.861. The van der Waals surface area contributed by atoms with Gasteiger partial charge in [-0.15, -0.1) is 11.3 Å². The van der Waals surface area contributed by atoms with Gasteiger partial charge in [-0.2, -0.15) is 4.72 Å². The Balaban J connectivity index is 2.91. The molecule has 0 aliphatic heterocycles. The van der Waals surface area contributed by atoms with Crippen LogP contribution in [0, 0.1) is 0 Å². The molecule has 90 valence electrons. The van der Waals surface area contributed by atoms with Crippen molar-refractivity contribution in [1.82, 2.24) is 4.72 Å². The number of thiophene rings is 1. The first-order valence-electron chi connectivity index (χ1n) is 4.37. The van der Waals surface area contributed by atoms with Crippen LogP contribution in [-0.4, -0.2) is 25.5 Å². The fourth-order valence-electron chi connectivity index (χ4n) is 0.996. The van der Waals surface area contributed by atoms with Crippen LogP contribution in [0.4, 0.5) is 0 Å². The van der Waals surface area contributed by atoms with Crippen molar-refractivity contribution in [2.45, 2.75) is 23.6 Å². The molecule has 0 fully saturated rings. The predicted octanol–water partition coefficient (Wildman–Crippen LogP) is 1.65. The topological polar surface area (TPSA) is 83.5 Å². The summed E-state index contributed by atoms with van der Waals surface area (Å²) >= 11 is 4.18. The van der Waals surface area contributed by atoms with E-state index in [1.165, 1.54) is 6.07 Å². The SMILES string of the molecule is CC[C@H](NS(=O)(=O)c1ccc(Br)s1)C(=O)O. The number of carboxylic acids is 1. The zero-order valence-electron chi connectivity index (χ0n) is 8.31. The number of carbonyl (C=O) groups is 1. The van der Waals surface area contributed by atoms with Crippen molar-refractivity contribution in [2.75, 3.05) is 0 Å². The first-order chi connectivity index (χ1) is 7.36. The lowest BCUT2D eigenvalue weighted by Crippen LogP contribution is -2.39. The van der Waals surface area contributed by atoms with E-state index in [9.17, 15) is 13.2 Å². The van der Waals surface area contributed by atoms with Gasteiger partial charge in [-0.1, -0.05) is 6.92 Å². The summed E-state index contributed by atoms with van der Waals surface area (Å²) in [5.41, 5.74) is 0. The molecule has 1 heterocycles. The summed E-state index contributed by atoms with van der Waals surface area (Å²) < 4.78 is 26.4. The molecule has 8 heteroatoms. The number of sulfonamides is 1. The van der Waals surface area contributed by atoms with Gasteiger partial charge < -0.3 is 5.11 Å². The molecule has 1 atom stereocenters. The van der Waals surface area contributed by atoms with Gasteiger partial charge in [0.2, 0.25) is 0 Å². The highest BCUT2D eigenvalue weighted by atomic mass is 79.9. The maximum absolute atomic E-state index is 11.7. The minimum Gasteiger partial charge on any atom is -0.480 e. The normalized spacial score (nSPS) is 13.6. The van der Waals surface area contributed by atoms with Crippen LogP contribution in [0.5, 0.6) is 0 Å². The molecule has 0 radical (unpaired) electrons. The lowest BCUT2D eigenvalue weighted by atomic mass is 10.2. The highest BCUT2D eigenvalue weighted by molar-refractivity contribution is 9.11. The molecular formula is C8H10BrNO4S2. The zero-order valence-corrected chi connectivity index (χ0v) is 11.5. The third-order valence-electron chi connectivity index (χ3n) is 1.82. The zero-order chi connectivity index (χ0) is 12.3. The molecule has 0 amide bonds. The van der Waals surface area contributed by atoms with Crippen LogP contribution in [0.15, 0.2) is 20.1 Å². The maximum atomic E-state index is 11.7. The molecule has 0 bridgehead atoms. The smallest absolute Gasteiger partial charge is 0.321 e.